The monoisotopic (exact) mass is 390 g/mol. The quantitative estimate of drug-likeness (QED) is 0.265. The van der Waals surface area contributed by atoms with Gasteiger partial charge in [-0.2, -0.15) is 0 Å². The summed E-state index contributed by atoms with van der Waals surface area (Å²) in [5.41, 5.74) is 10.5. The molecule has 0 fully saturated rings. The molecule has 0 radical (unpaired) electrons. The van der Waals surface area contributed by atoms with Crippen LogP contribution in [0.15, 0.2) is 64.7 Å². The fourth-order valence-electron chi connectivity index (χ4n) is 2.19. The van der Waals surface area contributed by atoms with Gasteiger partial charge in [-0.3, -0.25) is 0 Å². The summed E-state index contributed by atoms with van der Waals surface area (Å²) in [6.07, 6.45) is 13.2. The number of terminal acetylenes is 1. The van der Waals surface area contributed by atoms with E-state index in [1.54, 1.807) is 30.7 Å². The van der Waals surface area contributed by atoms with E-state index in [0.29, 0.717) is 28.8 Å². The summed E-state index contributed by atoms with van der Waals surface area (Å²) in [4.78, 5) is 0. The number of hydrogen-bond acceptors (Lipinski definition) is 3. The van der Waals surface area contributed by atoms with Gasteiger partial charge in [0.15, 0.2) is 0 Å². The second-order valence-electron chi connectivity index (χ2n) is 5.51. The van der Waals surface area contributed by atoms with Gasteiger partial charge in [-0.15, -0.1) is 6.42 Å². The first-order valence-corrected chi connectivity index (χ1v) is 8.93. The largest absolute Gasteiger partial charge is 0.500 e. The van der Waals surface area contributed by atoms with Crippen LogP contribution in [0.5, 0.6) is 0 Å². The van der Waals surface area contributed by atoms with Crippen LogP contribution in [0.25, 0.3) is 0 Å². The van der Waals surface area contributed by atoms with Crippen LogP contribution in [0.1, 0.15) is 26.3 Å². The van der Waals surface area contributed by atoms with Crippen molar-refractivity contribution in [1.29, 1.82) is 0 Å². The fraction of sp³-hybridized carbons (Fsp3) is 0.238. The van der Waals surface area contributed by atoms with Crippen LogP contribution < -0.4 is 11.1 Å². The van der Waals surface area contributed by atoms with E-state index >= 15 is 0 Å². The van der Waals surface area contributed by atoms with Gasteiger partial charge in [0, 0.05) is 22.6 Å². The van der Waals surface area contributed by atoms with Crippen LogP contribution in [0, 0.1) is 12.3 Å². The molecule has 0 unspecified atom stereocenters. The van der Waals surface area contributed by atoms with Crippen molar-refractivity contribution in [2.75, 3.05) is 12.3 Å². The first-order valence-electron chi connectivity index (χ1n) is 8.17. The molecule has 3 nitrogen and oxygen atoms in total. The molecule has 1 rings (SSSR count). The molecule has 0 aromatic heterocycles. The summed E-state index contributed by atoms with van der Waals surface area (Å²) in [6.45, 7) is 6.46. The zero-order valence-corrected chi connectivity index (χ0v) is 16.8. The van der Waals surface area contributed by atoms with Crippen molar-refractivity contribution in [1.82, 2.24) is 5.32 Å². The maximum Gasteiger partial charge on any atom is 0.0988 e. The Hall–Kier alpha value is -2.28. The van der Waals surface area contributed by atoms with E-state index in [0.717, 1.165) is 22.4 Å². The van der Waals surface area contributed by atoms with Crippen molar-refractivity contribution in [3.63, 3.8) is 0 Å². The smallest absolute Gasteiger partial charge is 0.0988 e. The lowest BCUT2D eigenvalue weighted by molar-refractivity contribution is 0.267. The van der Waals surface area contributed by atoms with Crippen molar-refractivity contribution in [3.8, 4) is 12.3 Å². The Kier molecular flexibility index (Phi) is 9.51. The van der Waals surface area contributed by atoms with E-state index in [9.17, 15) is 0 Å². The molecule has 26 heavy (non-hydrogen) atoms. The molecule has 0 spiro atoms. The molecule has 1 aromatic carbocycles. The number of rotatable bonds is 8. The van der Waals surface area contributed by atoms with E-state index in [4.69, 9.17) is 40.1 Å². The normalized spacial score (nSPS) is 13.4. The van der Waals surface area contributed by atoms with E-state index in [2.05, 4.69) is 17.3 Å². The van der Waals surface area contributed by atoms with Crippen molar-refractivity contribution < 1.29 is 4.74 Å². The number of benzene rings is 1. The molecule has 0 saturated carbocycles. The van der Waals surface area contributed by atoms with Gasteiger partial charge < -0.3 is 15.8 Å². The molecule has 0 saturated heterocycles. The number of nitrogens with one attached hydrogen (secondary N) is 1. The Morgan fingerprint density at radius 3 is 2.77 bits per heavy atom. The molecule has 0 heterocycles. The zero-order chi connectivity index (χ0) is 19.5. The molecule has 138 valence electrons. The van der Waals surface area contributed by atoms with Crippen LogP contribution in [0.3, 0.4) is 0 Å². The molecular formula is C21H24Cl2N2O. The number of anilines is 1. The Labute approximate surface area is 166 Å². The van der Waals surface area contributed by atoms with E-state index in [1.165, 1.54) is 0 Å². The van der Waals surface area contributed by atoms with E-state index < -0.39 is 0 Å². The standard InChI is InChI=1S/C21H24Cl2N2O/c1-5-18(22)14-20(16(4)25-11-12-26-6-2)15(3)7-8-17-13-19(23)9-10-21(17)24/h1,7,9-14,25H,6,8,24H2,2-4H3/b12-11-,15-7+,18-14+,20-16-. The lowest BCUT2D eigenvalue weighted by Crippen LogP contribution is -2.06. The van der Waals surface area contributed by atoms with E-state index in [-0.39, 0.29) is 0 Å². The summed E-state index contributed by atoms with van der Waals surface area (Å²) in [6, 6.07) is 5.44. The van der Waals surface area contributed by atoms with Crippen LogP contribution in [0.4, 0.5) is 5.69 Å². The molecule has 0 amide bonds. The summed E-state index contributed by atoms with van der Waals surface area (Å²) in [7, 11) is 0. The highest BCUT2D eigenvalue weighted by atomic mass is 35.5. The summed E-state index contributed by atoms with van der Waals surface area (Å²) in [5, 5.41) is 4.14. The molecule has 0 aliphatic rings. The third-order valence-electron chi connectivity index (χ3n) is 3.60. The second-order valence-corrected chi connectivity index (χ2v) is 6.36. The molecule has 0 aliphatic carbocycles. The van der Waals surface area contributed by atoms with Gasteiger partial charge in [-0.1, -0.05) is 35.2 Å². The number of nitrogens with two attached hydrogens (primary N) is 1. The maximum atomic E-state index is 6.05. The average Bonchev–Trinajstić information content (AvgIpc) is 2.63. The van der Waals surface area contributed by atoms with Gasteiger partial charge >= 0.3 is 0 Å². The molecule has 5 heteroatoms. The lowest BCUT2D eigenvalue weighted by Gasteiger charge is -2.11. The highest BCUT2D eigenvalue weighted by Crippen LogP contribution is 2.22. The van der Waals surface area contributed by atoms with Crippen molar-refractivity contribution in [2.24, 2.45) is 0 Å². The molecular weight excluding hydrogens is 367 g/mol. The Balaban J connectivity index is 3.12. The van der Waals surface area contributed by atoms with Gasteiger partial charge in [0.25, 0.3) is 0 Å². The Morgan fingerprint density at radius 1 is 1.38 bits per heavy atom. The number of hydrogen-bond donors (Lipinski definition) is 2. The van der Waals surface area contributed by atoms with Crippen LogP contribution in [-0.2, 0) is 11.2 Å². The predicted molar refractivity (Wildman–Crippen MR) is 113 cm³/mol. The van der Waals surface area contributed by atoms with Crippen molar-refractivity contribution in [3.05, 3.63) is 75.3 Å². The van der Waals surface area contributed by atoms with Crippen LogP contribution >= 0.6 is 23.2 Å². The summed E-state index contributed by atoms with van der Waals surface area (Å²) >= 11 is 12.1. The lowest BCUT2D eigenvalue weighted by atomic mass is 10.0. The van der Waals surface area contributed by atoms with Crippen molar-refractivity contribution in [2.45, 2.75) is 27.2 Å². The third kappa shape index (κ3) is 7.31. The number of allylic oxidation sites excluding steroid dienone is 6. The topological polar surface area (TPSA) is 47.3 Å². The van der Waals surface area contributed by atoms with Gasteiger partial charge in [-0.25, -0.2) is 0 Å². The van der Waals surface area contributed by atoms with Gasteiger partial charge in [0.05, 0.1) is 17.9 Å². The van der Waals surface area contributed by atoms with Gasteiger partial charge in [-0.05, 0) is 68.2 Å². The number of ether oxygens (including phenoxy) is 1. The molecule has 0 aliphatic heterocycles. The molecule has 1 aromatic rings. The fourth-order valence-corrected chi connectivity index (χ4v) is 2.50. The van der Waals surface area contributed by atoms with Crippen LogP contribution in [-0.4, -0.2) is 6.61 Å². The Morgan fingerprint density at radius 2 is 2.12 bits per heavy atom. The summed E-state index contributed by atoms with van der Waals surface area (Å²) < 4.78 is 5.18. The summed E-state index contributed by atoms with van der Waals surface area (Å²) in [5.74, 6) is 2.43. The second kappa shape index (κ2) is 11.4. The number of nitrogen functional groups attached to an aromatic ring is 1. The van der Waals surface area contributed by atoms with Gasteiger partial charge in [0.2, 0.25) is 0 Å². The minimum atomic E-state index is 0.324. The predicted octanol–water partition coefficient (Wildman–Crippen LogP) is 5.54. The first kappa shape index (κ1) is 21.8. The minimum Gasteiger partial charge on any atom is -0.500 e. The van der Waals surface area contributed by atoms with Crippen LogP contribution in [0.2, 0.25) is 5.02 Å². The average molecular weight is 391 g/mol. The molecule has 0 bridgehead atoms. The Bertz CT molecular complexity index is 784. The zero-order valence-electron chi connectivity index (χ0n) is 15.3. The van der Waals surface area contributed by atoms with Gasteiger partial charge in [0.1, 0.15) is 0 Å². The minimum absolute atomic E-state index is 0.324. The molecule has 0 atom stereocenters. The highest BCUT2D eigenvalue weighted by molar-refractivity contribution is 6.32. The maximum absolute atomic E-state index is 6.05. The first-order chi connectivity index (χ1) is 12.4. The SMILES string of the molecule is C#C\C(Cl)=C/C(=C(\C)N/C=C\OCC)C(/C)=C/Cc1cc(Cl)ccc1N. The molecule has 3 N–H and O–H groups in total. The van der Waals surface area contributed by atoms with Crippen molar-refractivity contribution >= 4 is 28.9 Å². The third-order valence-corrected chi connectivity index (χ3v) is 4.06. The highest BCUT2D eigenvalue weighted by Gasteiger charge is 2.05. The number of halogens is 2. The van der Waals surface area contributed by atoms with E-state index in [1.807, 2.05) is 26.8 Å².